The van der Waals surface area contributed by atoms with Crippen LogP contribution in [-0.2, 0) is 6.42 Å². The fourth-order valence-corrected chi connectivity index (χ4v) is 3.01. The predicted molar refractivity (Wildman–Crippen MR) is 65.0 cm³/mol. The maximum Gasteiger partial charge on any atom is 0.119 e. The molecule has 2 aliphatic rings. The summed E-state index contributed by atoms with van der Waals surface area (Å²) < 4.78 is 5.27. The van der Waals surface area contributed by atoms with E-state index >= 15 is 0 Å². The Labute approximate surface area is 96.2 Å². The van der Waals surface area contributed by atoms with Gasteiger partial charge in [-0.3, -0.25) is 0 Å². The number of hydrogen-bond acceptors (Lipinski definition) is 3. The summed E-state index contributed by atoms with van der Waals surface area (Å²) in [5.41, 5.74) is 8.95. The van der Waals surface area contributed by atoms with E-state index in [1.807, 2.05) is 6.07 Å². The molecule has 1 aromatic rings. The van der Waals surface area contributed by atoms with E-state index < -0.39 is 0 Å². The topological polar surface area (TPSA) is 38.5 Å². The van der Waals surface area contributed by atoms with Gasteiger partial charge in [0.1, 0.15) is 5.75 Å². The minimum absolute atomic E-state index is 0.326. The van der Waals surface area contributed by atoms with Gasteiger partial charge in [-0.15, -0.1) is 0 Å². The average molecular weight is 218 g/mol. The van der Waals surface area contributed by atoms with Crippen molar-refractivity contribution in [1.29, 1.82) is 0 Å². The van der Waals surface area contributed by atoms with Crippen molar-refractivity contribution in [2.45, 2.75) is 31.3 Å². The number of methoxy groups -OCH3 is 1. The number of benzene rings is 1. The highest BCUT2D eigenvalue weighted by molar-refractivity contribution is 5.62. The van der Waals surface area contributed by atoms with Crippen LogP contribution in [-0.4, -0.2) is 25.7 Å². The van der Waals surface area contributed by atoms with Gasteiger partial charge in [0.25, 0.3) is 0 Å². The lowest BCUT2D eigenvalue weighted by Gasteiger charge is -2.36. The van der Waals surface area contributed by atoms with Gasteiger partial charge < -0.3 is 15.4 Å². The maximum absolute atomic E-state index is 6.20. The van der Waals surface area contributed by atoms with Crippen molar-refractivity contribution in [1.82, 2.24) is 0 Å². The first-order valence-electron chi connectivity index (χ1n) is 5.99. The van der Waals surface area contributed by atoms with Crippen molar-refractivity contribution >= 4 is 5.69 Å². The lowest BCUT2D eigenvalue weighted by atomic mass is 9.96. The van der Waals surface area contributed by atoms with Crippen LogP contribution in [0.5, 0.6) is 5.75 Å². The second-order valence-electron chi connectivity index (χ2n) is 4.77. The van der Waals surface area contributed by atoms with E-state index in [-0.39, 0.29) is 0 Å². The molecule has 0 saturated carbocycles. The summed E-state index contributed by atoms with van der Waals surface area (Å²) >= 11 is 0. The number of nitrogens with two attached hydrogens (primary N) is 1. The third kappa shape index (κ3) is 1.39. The zero-order chi connectivity index (χ0) is 11.1. The van der Waals surface area contributed by atoms with Gasteiger partial charge in [-0.25, -0.2) is 0 Å². The van der Waals surface area contributed by atoms with Crippen molar-refractivity contribution in [2.75, 3.05) is 18.6 Å². The summed E-state index contributed by atoms with van der Waals surface area (Å²) in [5, 5.41) is 0. The molecule has 2 atom stereocenters. The molecule has 3 heteroatoms. The van der Waals surface area contributed by atoms with Crippen molar-refractivity contribution in [3.05, 3.63) is 23.8 Å². The molecule has 0 radical (unpaired) electrons. The monoisotopic (exact) mass is 218 g/mol. The van der Waals surface area contributed by atoms with E-state index in [1.54, 1.807) is 7.11 Å². The van der Waals surface area contributed by atoms with Gasteiger partial charge in [-0.05, 0) is 43.0 Å². The molecule has 1 saturated heterocycles. The van der Waals surface area contributed by atoms with Gasteiger partial charge in [0.2, 0.25) is 0 Å². The Morgan fingerprint density at radius 2 is 2.31 bits per heavy atom. The smallest absolute Gasteiger partial charge is 0.119 e. The van der Waals surface area contributed by atoms with E-state index in [9.17, 15) is 0 Å². The quantitative estimate of drug-likeness (QED) is 0.777. The molecule has 0 aliphatic carbocycles. The molecule has 0 aromatic heterocycles. The standard InChI is InChI=1S/C13H18N2O/c1-16-10-4-5-12-9(7-10)8-13-11(14)3-2-6-15(12)13/h4-5,7,11,13H,2-3,6,8,14H2,1H3. The van der Waals surface area contributed by atoms with Gasteiger partial charge in [0.15, 0.2) is 0 Å². The highest BCUT2D eigenvalue weighted by atomic mass is 16.5. The Balaban J connectivity index is 1.96. The number of anilines is 1. The van der Waals surface area contributed by atoms with E-state index in [1.165, 1.54) is 17.7 Å². The number of nitrogens with zero attached hydrogens (tertiary/aromatic N) is 1. The molecule has 3 rings (SSSR count). The molecule has 0 spiro atoms. The van der Waals surface area contributed by atoms with Crippen LogP contribution in [0.2, 0.25) is 0 Å². The Morgan fingerprint density at radius 1 is 1.44 bits per heavy atom. The molecule has 2 N–H and O–H groups in total. The van der Waals surface area contributed by atoms with Gasteiger partial charge in [0, 0.05) is 24.3 Å². The highest BCUT2D eigenvalue weighted by Crippen LogP contribution is 2.38. The second-order valence-corrected chi connectivity index (χ2v) is 4.77. The average Bonchev–Trinajstić information content (AvgIpc) is 2.68. The van der Waals surface area contributed by atoms with Crippen molar-refractivity contribution < 1.29 is 4.74 Å². The fourth-order valence-electron chi connectivity index (χ4n) is 3.01. The van der Waals surface area contributed by atoms with Crippen LogP contribution in [0.3, 0.4) is 0 Å². The molecular weight excluding hydrogens is 200 g/mol. The lowest BCUT2D eigenvalue weighted by molar-refractivity contribution is 0.412. The summed E-state index contributed by atoms with van der Waals surface area (Å²) in [7, 11) is 1.72. The van der Waals surface area contributed by atoms with E-state index in [0.29, 0.717) is 12.1 Å². The largest absolute Gasteiger partial charge is 0.497 e. The maximum atomic E-state index is 6.20. The molecule has 16 heavy (non-hydrogen) atoms. The molecule has 1 aromatic carbocycles. The summed E-state index contributed by atoms with van der Waals surface area (Å²) in [6, 6.07) is 7.21. The normalized spacial score (nSPS) is 27.5. The van der Waals surface area contributed by atoms with Crippen LogP contribution >= 0.6 is 0 Å². The zero-order valence-electron chi connectivity index (χ0n) is 9.65. The molecule has 3 nitrogen and oxygen atoms in total. The molecule has 1 fully saturated rings. The van der Waals surface area contributed by atoms with Crippen LogP contribution in [0.1, 0.15) is 18.4 Å². The second kappa shape index (κ2) is 3.67. The molecule has 0 bridgehead atoms. The zero-order valence-corrected chi connectivity index (χ0v) is 9.65. The number of piperidine rings is 1. The van der Waals surface area contributed by atoms with Gasteiger partial charge in [-0.2, -0.15) is 0 Å². The van der Waals surface area contributed by atoms with Gasteiger partial charge in [0.05, 0.1) is 7.11 Å². The van der Waals surface area contributed by atoms with Crippen molar-refractivity contribution in [3.8, 4) is 5.75 Å². The summed E-state index contributed by atoms with van der Waals surface area (Å²) in [5.74, 6) is 0.951. The lowest BCUT2D eigenvalue weighted by Crippen LogP contribution is -2.50. The van der Waals surface area contributed by atoms with Crippen LogP contribution in [0.25, 0.3) is 0 Å². The van der Waals surface area contributed by atoms with Crippen LogP contribution < -0.4 is 15.4 Å². The fraction of sp³-hybridized carbons (Fsp3) is 0.538. The first kappa shape index (κ1) is 9.97. The van der Waals surface area contributed by atoms with E-state index in [4.69, 9.17) is 10.5 Å². The van der Waals surface area contributed by atoms with Crippen LogP contribution in [0, 0.1) is 0 Å². The Morgan fingerprint density at radius 3 is 3.12 bits per heavy atom. The third-order valence-corrected chi connectivity index (χ3v) is 3.86. The van der Waals surface area contributed by atoms with Crippen LogP contribution in [0.4, 0.5) is 5.69 Å². The summed E-state index contributed by atoms with van der Waals surface area (Å²) in [4.78, 5) is 2.48. The minimum atomic E-state index is 0.326. The predicted octanol–water partition coefficient (Wildman–Crippen LogP) is 1.55. The SMILES string of the molecule is COc1ccc2c(c1)CC1C(N)CCCN21. The van der Waals surface area contributed by atoms with E-state index in [2.05, 4.69) is 17.0 Å². The molecule has 2 unspecified atom stereocenters. The molecule has 0 amide bonds. The summed E-state index contributed by atoms with van der Waals surface area (Å²) in [6.45, 7) is 1.15. The summed E-state index contributed by atoms with van der Waals surface area (Å²) in [6.07, 6.45) is 3.45. The Bertz CT molecular complexity index is 405. The van der Waals surface area contributed by atoms with Crippen molar-refractivity contribution in [3.63, 3.8) is 0 Å². The number of fused-ring (bicyclic) bond motifs is 3. The molecular formula is C13H18N2O. The highest BCUT2D eigenvalue weighted by Gasteiger charge is 2.35. The van der Waals surface area contributed by atoms with E-state index in [0.717, 1.165) is 25.1 Å². The van der Waals surface area contributed by atoms with Gasteiger partial charge >= 0.3 is 0 Å². The molecule has 86 valence electrons. The number of rotatable bonds is 1. The first-order valence-corrected chi connectivity index (χ1v) is 5.99. The molecule has 2 heterocycles. The number of hydrogen-bond donors (Lipinski definition) is 1. The van der Waals surface area contributed by atoms with Crippen LogP contribution in [0.15, 0.2) is 18.2 Å². The Kier molecular flexibility index (Phi) is 2.28. The third-order valence-electron chi connectivity index (χ3n) is 3.86. The first-order chi connectivity index (χ1) is 7.79. The van der Waals surface area contributed by atoms with Gasteiger partial charge in [-0.1, -0.05) is 0 Å². The number of ether oxygens (including phenoxy) is 1. The molecule has 2 aliphatic heterocycles. The minimum Gasteiger partial charge on any atom is -0.497 e. The van der Waals surface area contributed by atoms with Crippen molar-refractivity contribution in [2.24, 2.45) is 5.73 Å². The Hall–Kier alpha value is -1.22.